The van der Waals surface area contributed by atoms with Gasteiger partial charge in [-0.1, -0.05) is 57.8 Å². The van der Waals surface area contributed by atoms with E-state index in [1.807, 2.05) is 0 Å². The molecule has 1 saturated heterocycles. The number of hydrogen-bond acceptors (Lipinski definition) is 2. The van der Waals surface area contributed by atoms with E-state index in [0.717, 1.165) is 19.2 Å². The molecular formula is C18H35NO. The Bertz CT molecular complexity index is 213. The summed E-state index contributed by atoms with van der Waals surface area (Å²) < 4.78 is 5.71. The fourth-order valence-corrected chi connectivity index (χ4v) is 3.69. The molecule has 118 valence electrons. The molecule has 1 atom stereocenters. The summed E-state index contributed by atoms with van der Waals surface area (Å²) in [4.78, 5) is 0. The van der Waals surface area contributed by atoms with Crippen molar-refractivity contribution in [2.45, 2.75) is 102 Å². The average Bonchev–Trinajstić information content (AvgIpc) is 2.94. The predicted molar refractivity (Wildman–Crippen MR) is 86.2 cm³/mol. The van der Waals surface area contributed by atoms with E-state index >= 15 is 0 Å². The molecule has 1 N–H and O–H groups in total. The van der Waals surface area contributed by atoms with Crippen LogP contribution in [0.25, 0.3) is 0 Å². The minimum atomic E-state index is 0.550. The number of ether oxygens (including phenoxy) is 1. The zero-order valence-electron chi connectivity index (χ0n) is 13.4. The molecule has 1 aliphatic carbocycles. The minimum Gasteiger partial charge on any atom is -0.378 e. The van der Waals surface area contributed by atoms with Gasteiger partial charge in [0.05, 0.1) is 6.10 Å². The van der Waals surface area contributed by atoms with E-state index in [-0.39, 0.29) is 0 Å². The van der Waals surface area contributed by atoms with E-state index in [9.17, 15) is 0 Å². The molecule has 2 fully saturated rings. The van der Waals surface area contributed by atoms with Crippen LogP contribution in [0.15, 0.2) is 0 Å². The molecule has 1 heterocycles. The van der Waals surface area contributed by atoms with Crippen LogP contribution >= 0.6 is 0 Å². The van der Waals surface area contributed by atoms with Crippen molar-refractivity contribution >= 4 is 0 Å². The van der Waals surface area contributed by atoms with Crippen molar-refractivity contribution < 1.29 is 4.74 Å². The second kappa shape index (κ2) is 10.6. The third-order valence-electron chi connectivity index (χ3n) is 5.03. The van der Waals surface area contributed by atoms with Gasteiger partial charge in [0.15, 0.2) is 0 Å². The highest BCUT2D eigenvalue weighted by atomic mass is 16.5. The van der Waals surface area contributed by atoms with Crippen LogP contribution in [0, 0.1) is 0 Å². The van der Waals surface area contributed by atoms with Crippen molar-refractivity contribution in [1.82, 2.24) is 5.32 Å². The standard InChI is InChI=1S/C18H35NO/c1-2-4-6-8-11-17(12-9-7-5-3-1)19-15-14-18-13-10-16-20-18/h17-19H,1-16H2. The molecule has 20 heavy (non-hydrogen) atoms. The topological polar surface area (TPSA) is 21.3 Å². The summed E-state index contributed by atoms with van der Waals surface area (Å²) in [6.45, 7) is 2.16. The van der Waals surface area contributed by atoms with Gasteiger partial charge in [-0.15, -0.1) is 0 Å². The van der Waals surface area contributed by atoms with Crippen LogP contribution in [0.1, 0.15) is 89.9 Å². The summed E-state index contributed by atoms with van der Waals surface area (Å²) >= 11 is 0. The van der Waals surface area contributed by atoms with Gasteiger partial charge in [0.25, 0.3) is 0 Å². The Hall–Kier alpha value is -0.0800. The van der Waals surface area contributed by atoms with Gasteiger partial charge in [0.1, 0.15) is 0 Å². The smallest absolute Gasteiger partial charge is 0.0588 e. The molecule has 0 aromatic carbocycles. The van der Waals surface area contributed by atoms with Crippen molar-refractivity contribution in [2.75, 3.05) is 13.2 Å². The van der Waals surface area contributed by atoms with Crippen LogP contribution in [0.2, 0.25) is 0 Å². The summed E-state index contributed by atoms with van der Waals surface area (Å²) in [7, 11) is 0. The molecule has 0 spiro atoms. The first-order valence-corrected chi connectivity index (χ1v) is 9.30. The Morgan fingerprint density at radius 2 is 1.30 bits per heavy atom. The fourth-order valence-electron chi connectivity index (χ4n) is 3.69. The second-order valence-electron chi connectivity index (χ2n) is 6.83. The lowest BCUT2D eigenvalue weighted by molar-refractivity contribution is 0.103. The minimum absolute atomic E-state index is 0.550. The molecule has 1 saturated carbocycles. The fraction of sp³-hybridized carbons (Fsp3) is 1.00. The van der Waals surface area contributed by atoms with E-state index in [1.165, 1.54) is 89.9 Å². The van der Waals surface area contributed by atoms with Crippen LogP contribution in [-0.2, 0) is 4.74 Å². The third-order valence-corrected chi connectivity index (χ3v) is 5.03. The molecule has 0 radical (unpaired) electrons. The lowest BCUT2D eigenvalue weighted by Gasteiger charge is -2.20. The first kappa shape index (κ1) is 16.3. The van der Waals surface area contributed by atoms with Gasteiger partial charge >= 0.3 is 0 Å². The summed E-state index contributed by atoms with van der Waals surface area (Å²) in [5.74, 6) is 0. The Labute approximate surface area is 126 Å². The lowest BCUT2D eigenvalue weighted by atomic mass is 9.98. The van der Waals surface area contributed by atoms with Crippen molar-refractivity contribution in [2.24, 2.45) is 0 Å². The van der Waals surface area contributed by atoms with Crippen LogP contribution in [0.3, 0.4) is 0 Å². The highest BCUT2D eigenvalue weighted by Gasteiger charge is 2.16. The highest BCUT2D eigenvalue weighted by Crippen LogP contribution is 2.18. The molecule has 2 aliphatic rings. The van der Waals surface area contributed by atoms with Gasteiger partial charge in [-0.05, 0) is 38.6 Å². The van der Waals surface area contributed by atoms with Gasteiger partial charge in [-0.3, -0.25) is 0 Å². The predicted octanol–water partition coefficient (Wildman–Crippen LogP) is 4.82. The maximum Gasteiger partial charge on any atom is 0.0588 e. The van der Waals surface area contributed by atoms with E-state index in [0.29, 0.717) is 6.10 Å². The van der Waals surface area contributed by atoms with Crippen LogP contribution in [-0.4, -0.2) is 25.3 Å². The normalized spacial score (nSPS) is 27.9. The van der Waals surface area contributed by atoms with Gasteiger partial charge in [-0.25, -0.2) is 0 Å². The maximum atomic E-state index is 5.71. The molecule has 0 aromatic heterocycles. The lowest BCUT2D eigenvalue weighted by Crippen LogP contribution is -2.31. The largest absolute Gasteiger partial charge is 0.378 e. The molecule has 0 amide bonds. The quantitative estimate of drug-likeness (QED) is 0.798. The molecule has 2 nitrogen and oxygen atoms in total. The molecule has 2 rings (SSSR count). The van der Waals surface area contributed by atoms with Gasteiger partial charge in [0, 0.05) is 12.6 Å². The molecule has 1 unspecified atom stereocenters. The van der Waals surface area contributed by atoms with Gasteiger partial charge < -0.3 is 10.1 Å². The molecule has 1 aliphatic heterocycles. The van der Waals surface area contributed by atoms with Crippen molar-refractivity contribution in [3.05, 3.63) is 0 Å². The Morgan fingerprint density at radius 3 is 1.85 bits per heavy atom. The van der Waals surface area contributed by atoms with Crippen LogP contribution < -0.4 is 5.32 Å². The maximum absolute atomic E-state index is 5.71. The zero-order chi connectivity index (χ0) is 13.9. The Kier molecular flexibility index (Phi) is 8.65. The first-order valence-electron chi connectivity index (χ1n) is 9.30. The van der Waals surface area contributed by atoms with Crippen molar-refractivity contribution in [1.29, 1.82) is 0 Å². The Morgan fingerprint density at radius 1 is 0.700 bits per heavy atom. The zero-order valence-corrected chi connectivity index (χ0v) is 13.4. The summed E-state index contributed by atoms with van der Waals surface area (Å²) in [5.41, 5.74) is 0. The van der Waals surface area contributed by atoms with E-state index in [2.05, 4.69) is 5.32 Å². The number of rotatable bonds is 4. The number of nitrogens with one attached hydrogen (secondary N) is 1. The summed E-state index contributed by atoms with van der Waals surface area (Å²) in [6.07, 6.45) is 20.2. The van der Waals surface area contributed by atoms with Crippen LogP contribution in [0.5, 0.6) is 0 Å². The average molecular weight is 281 g/mol. The van der Waals surface area contributed by atoms with Crippen molar-refractivity contribution in [3.8, 4) is 0 Å². The molecular weight excluding hydrogens is 246 g/mol. The SMILES string of the molecule is C1CCCCCC(NCCC2CCCO2)CCCCC1. The summed E-state index contributed by atoms with van der Waals surface area (Å²) in [6, 6.07) is 0.774. The van der Waals surface area contributed by atoms with Gasteiger partial charge in [0.2, 0.25) is 0 Å². The van der Waals surface area contributed by atoms with Gasteiger partial charge in [-0.2, -0.15) is 0 Å². The Balaban J connectivity index is 1.60. The summed E-state index contributed by atoms with van der Waals surface area (Å²) in [5, 5.41) is 3.82. The molecule has 0 aromatic rings. The molecule has 2 heteroatoms. The third kappa shape index (κ3) is 7.08. The number of hydrogen-bond donors (Lipinski definition) is 1. The second-order valence-corrected chi connectivity index (χ2v) is 6.83. The van der Waals surface area contributed by atoms with Crippen LogP contribution in [0.4, 0.5) is 0 Å². The van der Waals surface area contributed by atoms with E-state index in [1.54, 1.807) is 0 Å². The monoisotopic (exact) mass is 281 g/mol. The first-order chi connectivity index (χ1) is 9.95. The van der Waals surface area contributed by atoms with E-state index < -0.39 is 0 Å². The van der Waals surface area contributed by atoms with E-state index in [4.69, 9.17) is 4.74 Å². The van der Waals surface area contributed by atoms with Crippen molar-refractivity contribution in [3.63, 3.8) is 0 Å². The highest BCUT2D eigenvalue weighted by molar-refractivity contribution is 4.71. The molecule has 0 bridgehead atoms.